The first kappa shape index (κ1) is 18.3. The lowest BCUT2D eigenvalue weighted by molar-refractivity contribution is -0.121. The summed E-state index contributed by atoms with van der Waals surface area (Å²) in [6.45, 7) is 0. The van der Waals surface area contributed by atoms with Gasteiger partial charge in [0.25, 0.3) is 15.9 Å². The molecule has 0 saturated carbocycles. The van der Waals surface area contributed by atoms with E-state index in [0.717, 1.165) is 10.5 Å². The molecule has 9 heteroatoms. The minimum atomic E-state index is -3.82. The van der Waals surface area contributed by atoms with Crippen LogP contribution in [0.1, 0.15) is 11.1 Å². The van der Waals surface area contributed by atoms with Crippen molar-refractivity contribution in [1.82, 2.24) is 15.0 Å². The Bertz CT molecular complexity index is 1030. The number of urea groups is 1. The highest BCUT2D eigenvalue weighted by Crippen LogP contribution is 2.15. The highest BCUT2D eigenvalue weighted by atomic mass is 32.2. The van der Waals surface area contributed by atoms with Gasteiger partial charge in [-0.25, -0.2) is 9.63 Å². The van der Waals surface area contributed by atoms with Crippen LogP contribution in [-0.4, -0.2) is 38.5 Å². The Balaban J connectivity index is 1.72. The Hall–Kier alpha value is -3.46. The fraction of sp³-hybridized carbons (Fsp3) is 0.0556. The van der Waals surface area contributed by atoms with Crippen molar-refractivity contribution in [2.45, 2.75) is 4.90 Å². The maximum Gasteiger partial charge on any atom is 0.328 e. The second kappa shape index (κ2) is 7.42. The van der Waals surface area contributed by atoms with Crippen LogP contribution in [0.4, 0.5) is 4.79 Å². The Kier molecular flexibility index (Phi) is 5.04. The molecule has 1 saturated heterocycles. The molecule has 8 nitrogen and oxygen atoms in total. The van der Waals surface area contributed by atoms with E-state index in [0.29, 0.717) is 5.56 Å². The smallest absolute Gasteiger partial charge is 0.303 e. The quantitative estimate of drug-likeness (QED) is 0.353. The zero-order chi connectivity index (χ0) is 19.4. The molecule has 1 aliphatic heterocycles. The zero-order valence-corrected chi connectivity index (χ0v) is 15.1. The van der Waals surface area contributed by atoms with Gasteiger partial charge < -0.3 is 5.32 Å². The van der Waals surface area contributed by atoms with Gasteiger partial charge in [0.1, 0.15) is 5.70 Å². The number of carbonyl (C=O) groups excluding carboxylic acids is 2. The van der Waals surface area contributed by atoms with Crippen LogP contribution in [-0.2, 0) is 14.8 Å². The molecular weight excluding hydrogens is 368 g/mol. The number of amides is 3. The lowest BCUT2D eigenvalue weighted by Gasteiger charge is -2.04. The van der Waals surface area contributed by atoms with Crippen molar-refractivity contribution < 1.29 is 18.0 Å². The average molecular weight is 384 g/mol. The molecule has 0 bridgehead atoms. The minimum absolute atomic E-state index is 0.0220. The number of hydrogen-bond acceptors (Lipinski definition) is 5. The number of sulfonamides is 1. The standard InChI is InChI=1S/C18H16N4O4S/c1-22-17(23)16(20-18(22)24)11-13-7-9-15(10-8-13)27(25,26)21-19-12-14-5-3-2-4-6-14/h2-12,21H,1H3,(H,20,24)/b16-11-,19-12?. The third kappa shape index (κ3) is 4.21. The third-order valence-corrected chi connectivity index (χ3v) is 5.01. The minimum Gasteiger partial charge on any atom is -0.303 e. The summed E-state index contributed by atoms with van der Waals surface area (Å²) in [6, 6.07) is 14.4. The van der Waals surface area contributed by atoms with Crippen molar-refractivity contribution in [2.75, 3.05) is 7.05 Å². The van der Waals surface area contributed by atoms with Crippen LogP contribution in [0.15, 0.2) is 70.3 Å². The molecule has 27 heavy (non-hydrogen) atoms. The Morgan fingerprint density at radius 2 is 1.67 bits per heavy atom. The number of hydrazone groups is 1. The maximum absolute atomic E-state index is 12.3. The molecule has 2 aromatic rings. The second-order valence-electron chi connectivity index (χ2n) is 5.68. The normalized spacial score (nSPS) is 16.2. The van der Waals surface area contributed by atoms with E-state index in [-0.39, 0.29) is 10.6 Å². The highest BCUT2D eigenvalue weighted by Gasteiger charge is 2.29. The van der Waals surface area contributed by atoms with Gasteiger partial charge in [-0.1, -0.05) is 42.5 Å². The van der Waals surface area contributed by atoms with Crippen LogP contribution >= 0.6 is 0 Å². The van der Waals surface area contributed by atoms with E-state index < -0.39 is 22.0 Å². The predicted octanol–water partition coefficient (Wildman–Crippen LogP) is 1.52. The lowest BCUT2D eigenvalue weighted by Crippen LogP contribution is -2.25. The molecule has 1 fully saturated rings. The van der Waals surface area contributed by atoms with E-state index in [2.05, 4.69) is 15.2 Å². The first-order valence-electron chi connectivity index (χ1n) is 7.87. The lowest BCUT2D eigenvalue weighted by atomic mass is 10.2. The highest BCUT2D eigenvalue weighted by molar-refractivity contribution is 7.89. The number of imide groups is 1. The van der Waals surface area contributed by atoms with Crippen molar-refractivity contribution in [1.29, 1.82) is 0 Å². The van der Waals surface area contributed by atoms with Crippen LogP contribution in [0, 0.1) is 0 Å². The van der Waals surface area contributed by atoms with Gasteiger partial charge in [-0.2, -0.15) is 13.5 Å². The number of benzene rings is 2. The Labute approximate surface area is 156 Å². The van der Waals surface area contributed by atoms with Gasteiger partial charge >= 0.3 is 6.03 Å². The van der Waals surface area contributed by atoms with E-state index in [1.165, 1.54) is 43.6 Å². The van der Waals surface area contributed by atoms with Crippen LogP contribution in [0.3, 0.4) is 0 Å². The van der Waals surface area contributed by atoms with Gasteiger partial charge in [-0.3, -0.25) is 9.69 Å². The largest absolute Gasteiger partial charge is 0.328 e. The van der Waals surface area contributed by atoms with Gasteiger partial charge in [-0.05, 0) is 29.3 Å². The summed E-state index contributed by atoms with van der Waals surface area (Å²) in [5.74, 6) is -0.450. The number of hydrogen-bond donors (Lipinski definition) is 2. The maximum atomic E-state index is 12.3. The SMILES string of the molecule is CN1C(=O)N/C(=C\c2ccc(S(=O)(=O)NN=Cc3ccccc3)cc2)C1=O. The summed E-state index contributed by atoms with van der Waals surface area (Å²) in [5.41, 5.74) is 1.46. The molecule has 0 radical (unpaired) electrons. The molecule has 0 aromatic heterocycles. The fourth-order valence-electron chi connectivity index (χ4n) is 2.30. The molecule has 1 heterocycles. The molecule has 0 atom stereocenters. The second-order valence-corrected chi connectivity index (χ2v) is 7.35. The number of nitrogens with one attached hydrogen (secondary N) is 2. The van der Waals surface area contributed by atoms with Gasteiger partial charge in [0.2, 0.25) is 0 Å². The number of likely N-dealkylation sites (N-methyl/N-ethyl adjacent to an activating group) is 1. The summed E-state index contributed by atoms with van der Waals surface area (Å²) in [4.78, 5) is 26.4. The van der Waals surface area contributed by atoms with E-state index in [9.17, 15) is 18.0 Å². The van der Waals surface area contributed by atoms with Crippen molar-refractivity contribution >= 4 is 34.3 Å². The van der Waals surface area contributed by atoms with Crippen molar-refractivity contribution in [3.8, 4) is 0 Å². The van der Waals surface area contributed by atoms with Crippen molar-refractivity contribution in [3.05, 3.63) is 71.4 Å². The monoisotopic (exact) mass is 384 g/mol. The summed E-state index contributed by atoms with van der Waals surface area (Å²) < 4.78 is 24.5. The van der Waals surface area contributed by atoms with Crippen molar-refractivity contribution in [3.63, 3.8) is 0 Å². The zero-order valence-electron chi connectivity index (χ0n) is 14.3. The molecule has 1 aliphatic rings. The molecule has 138 valence electrons. The van der Waals surface area contributed by atoms with Crippen LogP contribution in [0.5, 0.6) is 0 Å². The van der Waals surface area contributed by atoms with Gasteiger partial charge in [-0.15, -0.1) is 0 Å². The summed E-state index contributed by atoms with van der Waals surface area (Å²) in [6.07, 6.45) is 2.88. The molecule has 2 aromatic carbocycles. The average Bonchev–Trinajstić information content (AvgIpc) is 2.90. The Morgan fingerprint density at radius 3 is 2.26 bits per heavy atom. The van der Waals surface area contributed by atoms with E-state index >= 15 is 0 Å². The van der Waals surface area contributed by atoms with E-state index in [1.54, 1.807) is 12.1 Å². The number of rotatable bonds is 5. The first-order chi connectivity index (χ1) is 12.9. The molecular formula is C18H16N4O4S. The summed E-state index contributed by atoms with van der Waals surface area (Å²) in [7, 11) is -2.45. The fourth-order valence-corrected chi connectivity index (χ4v) is 3.09. The van der Waals surface area contributed by atoms with Crippen LogP contribution in [0.25, 0.3) is 6.08 Å². The summed E-state index contributed by atoms with van der Waals surface area (Å²) in [5, 5.41) is 6.19. The van der Waals surface area contributed by atoms with Gasteiger partial charge in [0, 0.05) is 7.05 Å². The van der Waals surface area contributed by atoms with Gasteiger partial charge in [0.05, 0.1) is 11.1 Å². The molecule has 2 N–H and O–H groups in total. The van der Waals surface area contributed by atoms with Crippen molar-refractivity contribution in [2.24, 2.45) is 5.10 Å². The molecule has 0 spiro atoms. The van der Waals surface area contributed by atoms with E-state index in [1.807, 2.05) is 18.2 Å². The molecule has 3 rings (SSSR count). The van der Waals surface area contributed by atoms with Crippen LogP contribution < -0.4 is 10.1 Å². The number of nitrogens with zero attached hydrogens (tertiary/aromatic N) is 2. The molecule has 3 amide bonds. The molecule has 0 unspecified atom stereocenters. The van der Waals surface area contributed by atoms with Gasteiger partial charge in [0.15, 0.2) is 0 Å². The number of carbonyl (C=O) groups is 2. The third-order valence-electron chi connectivity index (χ3n) is 3.77. The first-order valence-corrected chi connectivity index (χ1v) is 9.36. The summed E-state index contributed by atoms with van der Waals surface area (Å²) >= 11 is 0. The van der Waals surface area contributed by atoms with E-state index in [4.69, 9.17) is 0 Å². The molecule has 0 aliphatic carbocycles. The topological polar surface area (TPSA) is 108 Å². The predicted molar refractivity (Wildman–Crippen MR) is 100 cm³/mol. The Morgan fingerprint density at radius 1 is 1.00 bits per heavy atom. The van der Waals surface area contributed by atoms with Crippen LogP contribution in [0.2, 0.25) is 0 Å².